The van der Waals surface area contributed by atoms with Crippen LogP contribution in [0.1, 0.15) is 0 Å². The summed E-state index contributed by atoms with van der Waals surface area (Å²) in [6.45, 7) is 0. The van der Waals surface area contributed by atoms with E-state index in [1.807, 2.05) is 0 Å². The summed E-state index contributed by atoms with van der Waals surface area (Å²) >= 11 is 0. The number of carbonyl (C=O) groups is 1. The first kappa shape index (κ1) is 9.15. The Hall–Kier alpha value is -1.85. The zero-order valence-electron chi connectivity index (χ0n) is 5.39. The van der Waals surface area contributed by atoms with Gasteiger partial charge in [0.15, 0.2) is 0 Å². The first-order valence-electron chi connectivity index (χ1n) is 2.54. The Kier molecular flexibility index (Phi) is 4.14. The highest BCUT2D eigenvalue weighted by Gasteiger charge is 1.70. The van der Waals surface area contributed by atoms with Gasteiger partial charge in [0.05, 0.1) is 0 Å². The van der Waals surface area contributed by atoms with E-state index in [4.69, 9.17) is 15.0 Å². The fraction of sp³-hybridized carbons (Fsp3) is 0. The SMILES string of the molecule is O=C(O)O.O=c1nccc[nH]1. The number of H-pyrrole nitrogens is 1. The molecular formula is C5H6N2O4. The third kappa shape index (κ3) is 8.15. The first-order valence-corrected chi connectivity index (χ1v) is 2.54. The van der Waals surface area contributed by atoms with Gasteiger partial charge in [0, 0.05) is 12.4 Å². The van der Waals surface area contributed by atoms with Crippen LogP contribution in [0.15, 0.2) is 23.3 Å². The van der Waals surface area contributed by atoms with Crippen molar-refractivity contribution in [2.75, 3.05) is 0 Å². The van der Waals surface area contributed by atoms with Crippen molar-refractivity contribution >= 4 is 6.16 Å². The molecule has 0 bridgehead atoms. The number of nitrogens with one attached hydrogen (secondary N) is 1. The van der Waals surface area contributed by atoms with E-state index in [0.29, 0.717) is 0 Å². The summed E-state index contributed by atoms with van der Waals surface area (Å²) in [5.74, 6) is 0. The predicted molar refractivity (Wildman–Crippen MR) is 35.5 cm³/mol. The van der Waals surface area contributed by atoms with Crippen molar-refractivity contribution in [3.63, 3.8) is 0 Å². The molecule has 1 heterocycles. The van der Waals surface area contributed by atoms with E-state index in [0.717, 1.165) is 0 Å². The molecule has 0 aliphatic rings. The molecule has 0 unspecified atom stereocenters. The molecular weight excluding hydrogens is 152 g/mol. The van der Waals surface area contributed by atoms with E-state index < -0.39 is 6.16 Å². The molecule has 0 spiro atoms. The van der Waals surface area contributed by atoms with Crippen molar-refractivity contribution in [1.29, 1.82) is 0 Å². The highest BCUT2D eigenvalue weighted by Crippen LogP contribution is 1.61. The number of aromatic amines is 1. The molecule has 0 saturated heterocycles. The fourth-order valence-electron chi connectivity index (χ4n) is 0.310. The Bertz CT molecular complexity index is 248. The zero-order chi connectivity index (χ0) is 8.69. The maximum absolute atomic E-state index is 10.1. The van der Waals surface area contributed by atoms with Gasteiger partial charge in [-0.25, -0.2) is 14.6 Å². The summed E-state index contributed by atoms with van der Waals surface area (Å²) in [5, 5.41) is 13.9. The van der Waals surface area contributed by atoms with Crippen LogP contribution < -0.4 is 5.69 Å². The van der Waals surface area contributed by atoms with Crippen LogP contribution in [0.5, 0.6) is 0 Å². The lowest BCUT2D eigenvalue weighted by Gasteiger charge is -1.72. The highest BCUT2D eigenvalue weighted by molar-refractivity contribution is 5.53. The summed E-state index contributed by atoms with van der Waals surface area (Å²) in [5.41, 5.74) is -0.303. The van der Waals surface area contributed by atoms with Gasteiger partial charge in [-0.1, -0.05) is 0 Å². The molecule has 0 aliphatic heterocycles. The maximum Gasteiger partial charge on any atom is 0.503 e. The van der Waals surface area contributed by atoms with E-state index in [1.54, 1.807) is 6.07 Å². The molecule has 1 aromatic rings. The number of carboxylic acid groups (broad SMARTS) is 2. The Labute approximate surface area is 61.2 Å². The molecule has 0 radical (unpaired) electrons. The van der Waals surface area contributed by atoms with Crippen molar-refractivity contribution in [3.8, 4) is 0 Å². The van der Waals surface area contributed by atoms with Crippen LogP contribution in [0.3, 0.4) is 0 Å². The number of rotatable bonds is 0. The largest absolute Gasteiger partial charge is 0.503 e. The Morgan fingerprint density at radius 2 is 2.09 bits per heavy atom. The van der Waals surface area contributed by atoms with Crippen LogP contribution in [-0.4, -0.2) is 26.3 Å². The lowest BCUT2D eigenvalue weighted by Crippen LogP contribution is -2.05. The molecule has 11 heavy (non-hydrogen) atoms. The van der Waals surface area contributed by atoms with Crippen molar-refractivity contribution < 1.29 is 15.0 Å². The normalized spacial score (nSPS) is 7.64. The maximum atomic E-state index is 10.1. The minimum Gasteiger partial charge on any atom is -0.450 e. The minimum atomic E-state index is -1.83. The number of nitrogens with zero attached hydrogens (tertiary/aromatic N) is 1. The van der Waals surface area contributed by atoms with E-state index >= 15 is 0 Å². The monoisotopic (exact) mass is 158 g/mol. The van der Waals surface area contributed by atoms with Crippen LogP contribution in [-0.2, 0) is 0 Å². The van der Waals surface area contributed by atoms with Crippen molar-refractivity contribution in [2.45, 2.75) is 0 Å². The Morgan fingerprint density at radius 3 is 2.27 bits per heavy atom. The van der Waals surface area contributed by atoms with Crippen LogP contribution in [0, 0.1) is 0 Å². The molecule has 0 atom stereocenters. The molecule has 1 aromatic heterocycles. The van der Waals surface area contributed by atoms with E-state index in [9.17, 15) is 4.79 Å². The molecule has 0 aliphatic carbocycles. The van der Waals surface area contributed by atoms with E-state index in [1.165, 1.54) is 12.4 Å². The van der Waals surface area contributed by atoms with Gasteiger partial charge in [-0.15, -0.1) is 0 Å². The second-order valence-electron chi connectivity index (χ2n) is 1.37. The molecule has 6 heteroatoms. The number of hydrogen-bond acceptors (Lipinski definition) is 3. The third-order valence-corrected chi connectivity index (χ3v) is 0.581. The van der Waals surface area contributed by atoms with Crippen LogP contribution in [0.2, 0.25) is 0 Å². The van der Waals surface area contributed by atoms with Crippen molar-refractivity contribution in [1.82, 2.24) is 9.97 Å². The second kappa shape index (κ2) is 4.98. The standard InChI is InChI=1S/C4H4N2O.CH2O3/c7-4-5-2-1-3-6-4;2-1(3)4/h1-3H,(H,5,6,7);(H2,2,3,4). The van der Waals surface area contributed by atoms with Crippen LogP contribution >= 0.6 is 0 Å². The third-order valence-electron chi connectivity index (χ3n) is 0.581. The van der Waals surface area contributed by atoms with Gasteiger partial charge in [-0.3, -0.25) is 0 Å². The van der Waals surface area contributed by atoms with Crippen LogP contribution in [0.4, 0.5) is 4.79 Å². The van der Waals surface area contributed by atoms with Gasteiger partial charge < -0.3 is 15.2 Å². The van der Waals surface area contributed by atoms with E-state index in [-0.39, 0.29) is 5.69 Å². The summed E-state index contributed by atoms with van der Waals surface area (Å²) in [6.07, 6.45) is 1.15. The lowest BCUT2D eigenvalue weighted by molar-refractivity contribution is 0.137. The molecule has 0 amide bonds. The van der Waals surface area contributed by atoms with Gasteiger partial charge in [-0.2, -0.15) is 0 Å². The average molecular weight is 158 g/mol. The van der Waals surface area contributed by atoms with Gasteiger partial charge in [0.1, 0.15) is 0 Å². The smallest absolute Gasteiger partial charge is 0.450 e. The van der Waals surface area contributed by atoms with E-state index in [2.05, 4.69) is 9.97 Å². The van der Waals surface area contributed by atoms with Gasteiger partial charge in [0.25, 0.3) is 0 Å². The lowest BCUT2D eigenvalue weighted by atomic mass is 10.7. The number of hydrogen-bond donors (Lipinski definition) is 3. The minimum absolute atomic E-state index is 0.303. The van der Waals surface area contributed by atoms with Crippen molar-refractivity contribution in [3.05, 3.63) is 28.9 Å². The molecule has 6 nitrogen and oxygen atoms in total. The predicted octanol–water partition coefficient (Wildman–Crippen LogP) is -0.00770. The summed E-state index contributed by atoms with van der Waals surface area (Å²) in [6, 6.07) is 1.65. The Balaban J connectivity index is 0.000000218. The average Bonchev–Trinajstić information content (AvgIpc) is 1.87. The zero-order valence-corrected chi connectivity index (χ0v) is 5.39. The molecule has 0 fully saturated rings. The highest BCUT2D eigenvalue weighted by atomic mass is 16.6. The van der Waals surface area contributed by atoms with Gasteiger partial charge >= 0.3 is 11.8 Å². The molecule has 0 saturated carbocycles. The quantitative estimate of drug-likeness (QED) is 0.492. The fourth-order valence-corrected chi connectivity index (χ4v) is 0.310. The molecule has 0 aromatic carbocycles. The molecule has 1 rings (SSSR count). The van der Waals surface area contributed by atoms with Crippen LogP contribution in [0.25, 0.3) is 0 Å². The van der Waals surface area contributed by atoms with Gasteiger partial charge in [-0.05, 0) is 6.07 Å². The summed E-state index contributed by atoms with van der Waals surface area (Å²) < 4.78 is 0. The summed E-state index contributed by atoms with van der Waals surface area (Å²) in [4.78, 5) is 24.4. The number of aromatic nitrogens is 2. The summed E-state index contributed by atoms with van der Waals surface area (Å²) in [7, 11) is 0. The molecule has 3 N–H and O–H groups in total. The molecule has 60 valence electrons. The second-order valence-corrected chi connectivity index (χ2v) is 1.37. The van der Waals surface area contributed by atoms with Gasteiger partial charge in [0.2, 0.25) is 0 Å². The first-order chi connectivity index (χ1) is 5.13. The Morgan fingerprint density at radius 1 is 1.55 bits per heavy atom. The topological polar surface area (TPSA) is 103 Å². The van der Waals surface area contributed by atoms with Crippen molar-refractivity contribution in [2.24, 2.45) is 0 Å².